The number of hydrogen-bond acceptors (Lipinski definition) is 3. The number of nitrogens with one attached hydrogen (secondary N) is 2. The number of benzene rings is 2. The van der Waals surface area contributed by atoms with Crippen molar-refractivity contribution in [1.82, 2.24) is 10.3 Å². The third kappa shape index (κ3) is 4.25. The Morgan fingerprint density at radius 1 is 1.04 bits per heavy atom. The number of carbonyl (C=O) groups is 2. The summed E-state index contributed by atoms with van der Waals surface area (Å²) in [5.41, 5.74) is 3.70. The van der Waals surface area contributed by atoms with Crippen molar-refractivity contribution in [2.24, 2.45) is 0 Å². The summed E-state index contributed by atoms with van der Waals surface area (Å²) in [6.07, 6.45) is 1.71. The minimum absolute atomic E-state index is 0.124. The van der Waals surface area contributed by atoms with Crippen LogP contribution in [0.5, 0.6) is 0 Å². The molecule has 0 bridgehead atoms. The van der Waals surface area contributed by atoms with Crippen molar-refractivity contribution in [3.8, 4) is 0 Å². The van der Waals surface area contributed by atoms with E-state index < -0.39 is 11.8 Å². The first-order chi connectivity index (χ1) is 12.5. The summed E-state index contributed by atoms with van der Waals surface area (Å²) in [4.78, 5) is 28.4. The van der Waals surface area contributed by atoms with Crippen LogP contribution < -0.4 is 10.6 Å². The van der Waals surface area contributed by atoms with Gasteiger partial charge < -0.3 is 10.6 Å². The molecule has 0 radical (unpaired) electrons. The SMILES string of the molecule is Cc1cccc([C@H](C)CNC(=O)C(=O)Nc2ccc3ncccc3c2)c1. The number of anilines is 1. The van der Waals surface area contributed by atoms with Crippen LogP contribution in [-0.4, -0.2) is 23.3 Å². The number of rotatable bonds is 4. The highest BCUT2D eigenvalue weighted by Crippen LogP contribution is 2.17. The molecule has 0 unspecified atom stereocenters. The molecule has 2 amide bonds. The summed E-state index contributed by atoms with van der Waals surface area (Å²) in [6.45, 7) is 4.45. The van der Waals surface area contributed by atoms with Gasteiger partial charge in [0.2, 0.25) is 0 Å². The maximum atomic E-state index is 12.1. The largest absolute Gasteiger partial charge is 0.347 e. The molecule has 1 heterocycles. The van der Waals surface area contributed by atoms with E-state index in [9.17, 15) is 9.59 Å². The minimum Gasteiger partial charge on any atom is -0.347 e. The van der Waals surface area contributed by atoms with Crippen LogP contribution in [0.15, 0.2) is 60.8 Å². The molecule has 0 fully saturated rings. The predicted molar refractivity (Wildman–Crippen MR) is 103 cm³/mol. The van der Waals surface area contributed by atoms with E-state index in [1.54, 1.807) is 18.3 Å². The Kier molecular flexibility index (Phi) is 5.27. The maximum Gasteiger partial charge on any atom is 0.313 e. The Morgan fingerprint density at radius 3 is 2.69 bits per heavy atom. The van der Waals surface area contributed by atoms with Crippen molar-refractivity contribution >= 4 is 28.4 Å². The summed E-state index contributed by atoms with van der Waals surface area (Å²) in [7, 11) is 0. The summed E-state index contributed by atoms with van der Waals surface area (Å²) in [6, 6.07) is 17.2. The zero-order chi connectivity index (χ0) is 18.5. The van der Waals surface area contributed by atoms with Crippen LogP contribution in [0.25, 0.3) is 10.9 Å². The number of aromatic nitrogens is 1. The highest BCUT2D eigenvalue weighted by atomic mass is 16.2. The molecule has 0 aliphatic carbocycles. The van der Waals surface area contributed by atoms with E-state index in [0.29, 0.717) is 12.2 Å². The summed E-state index contributed by atoms with van der Waals surface area (Å²) in [5.74, 6) is -1.20. The van der Waals surface area contributed by atoms with Gasteiger partial charge in [0.05, 0.1) is 5.52 Å². The molecule has 0 spiro atoms. The van der Waals surface area contributed by atoms with E-state index in [1.165, 1.54) is 5.56 Å². The molecule has 3 aromatic rings. The van der Waals surface area contributed by atoms with Gasteiger partial charge in [-0.3, -0.25) is 14.6 Å². The van der Waals surface area contributed by atoms with Gasteiger partial charge in [0.1, 0.15) is 0 Å². The van der Waals surface area contributed by atoms with Crippen molar-refractivity contribution in [1.29, 1.82) is 0 Å². The molecule has 0 aliphatic rings. The fraction of sp³-hybridized carbons (Fsp3) is 0.190. The van der Waals surface area contributed by atoms with E-state index in [-0.39, 0.29) is 5.92 Å². The van der Waals surface area contributed by atoms with Crippen LogP contribution in [0.3, 0.4) is 0 Å². The van der Waals surface area contributed by atoms with Gasteiger partial charge >= 0.3 is 11.8 Å². The van der Waals surface area contributed by atoms with Crippen LogP contribution in [0.4, 0.5) is 5.69 Å². The number of aryl methyl sites for hydroxylation is 1. The molecule has 5 nitrogen and oxygen atoms in total. The molecule has 1 atom stereocenters. The molecule has 2 aromatic carbocycles. The molecule has 132 valence electrons. The minimum atomic E-state index is -0.676. The molecule has 0 aliphatic heterocycles. The van der Waals surface area contributed by atoms with E-state index in [0.717, 1.165) is 16.5 Å². The first kappa shape index (κ1) is 17.6. The fourth-order valence-electron chi connectivity index (χ4n) is 2.76. The van der Waals surface area contributed by atoms with Gasteiger partial charge in [0.15, 0.2) is 0 Å². The zero-order valence-electron chi connectivity index (χ0n) is 14.8. The topological polar surface area (TPSA) is 71.1 Å². The Hall–Kier alpha value is -3.21. The van der Waals surface area contributed by atoms with E-state index >= 15 is 0 Å². The number of nitrogens with zero attached hydrogens (tertiary/aromatic N) is 1. The monoisotopic (exact) mass is 347 g/mol. The lowest BCUT2D eigenvalue weighted by atomic mass is 9.99. The van der Waals surface area contributed by atoms with Crippen molar-refractivity contribution < 1.29 is 9.59 Å². The van der Waals surface area contributed by atoms with E-state index in [1.807, 2.05) is 50.2 Å². The third-order valence-corrected chi connectivity index (χ3v) is 4.25. The zero-order valence-corrected chi connectivity index (χ0v) is 14.8. The second-order valence-electron chi connectivity index (χ2n) is 6.39. The smallest absolute Gasteiger partial charge is 0.313 e. The summed E-state index contributed by atoms with van der Waals surface area (Å²) < 4.78 is 0. The number of amides is 2. The second-order valence-corrected chi connectivity index (χ2v) is 6.39. The number of pyridine rings is 1. The summed E-state index contributed by atoms with van der Waals surface area (Å²) >= 11 is 0. The Balaban J connectivity index is 1.58. The molecule has 0 saturated heterocycles. The Labute approximate surface area is 152 Å². The highest BCUT2D eigenvalue weighted by molar-refractivity contribution is 6.39. The lowest BCUT2D eigenvalue weighted by Gasteiger charge is -2.13. The van der Waals surface area contributed by atoms with Crippen LogP contribution in [0.2, 0.25) is 0 Å². The number of carbonyl (C=O) groups excluding carboxylic acids is 2. The molecular formula is C21H21N3O2. The average Bonchev–Trinajstić information content (AvgIpc) is 2.65. The second kappa shape index (κ2) is 7.78. The molecule has 26 heavy (non-hydrogen) atoms. The predicted octanol–water partition coefficient (Wildman–Crippen LogP) is 3.40. The van der Waals surface area contributed by atoms with E-state index in [2.05, 4.69) is 21.7 Å². The maximum absolute atomic E-state index is 12.1. The summed E-state index contributed by atoms with van der Waals surface area (Å²) in [5, 5.41) is 6.22. The standard InChI is InChI=1S/C21H21N3O2/c1-14-5-3-6-16(11-14)15(2)13-23-20(25)21(26)24-18-8-9-19-17(12-18)7-4-10-22-19/h3-12,15H,13H2,1-2H3,(H,23,25)(H,24,26)/t15-/m1/s1. The highest BCUT2D eigenvalue weighted by Gasteiger charge is 2.15. The molecule has 5 heteroatoms. The lowest BCUT2D eigenvalue weighted by Crippen LogP contribution is -2.37. The normalized spacial score (nSPS) is 11.8. The van der Waals surface area contributed by atoms with Crippen molar-refractivity contribution in [2.75, 3.05) is 11.9 Å². The third-order valence-electron chi connectivity index (χ3n) is 4.25. The Morgan fingerprint density at radius 2 is 1.88 bits per heavy atom. The van der Waals surface area contributed by atoms with E-state index in [4.69, 9.17) is 0 Å². The quantitative estimate of drug-likeness (QED) is 0.711. The van der Waals surface area contributed by atoms with Gasteiger partial charge in [-0.1, -0.05) is 42.8 Å². The van der Waals surface area contributed by atoms with Gasteiger partial charge in [0, 0.05) is 23.8 Å². The van der Waals surface area contributed by atoms with Crippen LogP contribution in [0.1, 0.15) is 24.0 Å². The average molecular weight is 347 g/mol. The van der Waals surface area contributed by atoms with Gasteiger partial charge in [-0.2, -0.15) is 0 Å². The number of fused-ring (bicyclic) bond motifs is 1. The first-order valence-corrected chi connectivity index (χ1v) is 8.53. The molecular weight excluding hydrogens is 326 g/mol. The van der Waals surface area contributed by atoms with Crippen LogP contribution in [-0.2, 0) is 9.59 Å². The van der Waals surface area contributed by atoms with Gasteiger partial charge in [-0.15, -0.1) is 0 Å². The first-order valence-electron chi connectivity index (χ1n) is 8.53. The molecule has 1 aromatic heterocycles. The van der Waals surface area contributed by atoms with Crippen molar-refractivity contribution in [3.63, 3.8) is 0 Å². The number of hydrogen-bond donors (Lipinski definition) is 2. The van der Waals surface area contributed by atoms with Crippen molar-refractivity contribution in [3.05, 3.63) is 71.9 Å². The Bertz CT molecular complexity index is 953. The van der Waals surface area contributed by atoms with Crippen LogP contribution in [0, 0.1) is 6.92 Å². The molecule has 0 saturated carbocycles. The van der Waals surface area contributed by atoms with Crippen molar-refractivity contribution in [2.45, 2.75) is 19.8 Å². The molecule has 3 rings (SSSR count). The fourth-order valence-corrected chi connectivity index (χ4v) is 2.76. The van der Waals surface area contributed by atoms with Gasteiger partial charge in [0.25, 0.3) is 0 Å². The van der Waals surface area contributed by atoms with Gasteiger partial charge in [-0.25, -0.2) is 0 Å². The molecule has 2 N–H and O–H groups in total. The van der Waals surface area contributed by atoms with Gasteiger partial charge in [-0.05, 0) is 42.7 Å². The lowest BCUT2D eigenvalue weighted by molar-refractivity contribution is -0.136. The van der Waals surface area contributed by atoms with Crippen LogP contribution >= 0.6 is 0 Å².